The highest BCUT2D eigenvalue weighted by Crippen LogP contribution is 2.11. The number of rotatable bonds is 1. The maximum atomic E-state index is 4.13. The molecule has 1 aromatic rings. The Bertz CT molecular complexity index is 287. The number of benzene rings is 1. The number of nitrogens with zero attached hydrogens (tertiary/aromatic N) is 1. The molecule has 0 N–H and O–H groups in total. The Hall–Kier alpha value is -1.11. The minimum Gasteiger partial charge on any atom is -0.281 e. The van der Waals surface area contributed by atoms with E-state index in [4.69, 9.17) is 0 Å². The van der Waals surface area contributed by atoms with Crippen molar-refractivity contribution in [3.8, 4) is 0 Å². The molecule has 1 heteroatoms. The van der Waals surface area contributed by atoms with Crippen LogP contribution in [-0.2, 0) is 0 Å². The Labute approximate surface area is 60.4 Å². The van der Waals surface area contributed by atoms with Crippen LogP contribution < -0.4 is 0 Å². The van der Waals surface area contributed by atoms with E-state index in [9.17, 15) is 0 Å². The third-order valence-electron chi connectivity index (χ3n) is 1.67. The van der Waals surface area contributed by atoms with Crippen LogP contribution in [0.5, 0.6) is 0 Å². The van der Waals surface area contributed by atoms with E-state index in [-0.39, 0.29) is 0 Å². The molecule has 0 amide bonds. The molecule has 1 aliphatic rings. The molecule has 0 bridgehead atoms. The van der Waals surface area contributed by atoms with Crippen LogP contribution in [0.4, 0.5) is 0 Å². The van der Waals surface area contributed by atoms with E-state index in [1.54, 1.807) is 0 Å². The van der Waals surface area contributed by atoms with Gasteiger partial charge in [0.1, 0.15) is 0 Å². The molecule has 10 heavy (non-hydrogen) atoms. The van der Waals surface area contributed by atoms with Crippen LogP contribution in [-0.4, -0.2) is 12.3 Å². The van der Waals surface area contributed by atoms with Crippen LogP contribution in [0.3, 0.4) is 0 Å². The molecule has 0 aliphatic carbocycles. The molecule has 1 aromatic carbocycles. The third kappa shape index (κ3) is 0.947. The zero-order chi connectivity index (χ0) is 6.97. The SMILES string of the molecule is Cc1cccc(C2=NC2)c1. The van der Waals surface area contributed by atoms with E-state index in [1.807, 2.05) is 0 Å². The quantitative estimate of drug-likeness (QED) is 0.551. The Morgan fingerprint density at radius 2 is 2.20 bits per heavy atom. The van der Waals surface area contributed by atoms with Gasteiger partial charge < -0.3 is 0 Å². The summed E-state index contributed by atoms with van der Waals surface area (Å²) in [4.78, 5) is 4.13. The predicted molar refractivity (Wildman–Crippen MR) is 42.6 cm³/mol. The Balaban J connectivity index is 2.42. The van der Waals surface area contributed by atoms with Crippen molar-refractivity contribution in [2.75, 3.05) is 6.54 Å². The van der Waals surface area contributed by atoms with Gasteiger partial charge in [0.25, 0.3) is 0 Å². The van der Waals surface area contributed by atoms with Crippen molar-refractivity contribution < 1.29 is 0 Å². The minimum atomic E-state index is 0.948. The second-order valence-electron chi connectivity index (χ2n) is 2.63. The van der Waals surface area contributed by atoms with Gasteiger partial charge >= 0.3 is 0 Å². The predicted octanol–water partition coefficient (Wildman–Crippen LogP) is 1.80. The van der Waals surface area contributed by atoms with Crippen molar-refractivity contribution in [1.29, 1.82) is 0 Å². The lowest BCUT2D eigenvalue weighted by atomic mass is 10.1. The van der Waals surface area contributed by atoms with Crippen molar-refractivity contribution in [1.82, 2.24) is 0 Å². The van der Waals surface area contributed by atoms with E-state index in [1.165, 1.54) is 16.8 Å². The molecule has 0 atom stereocenters. The Morgan fingerprint density at radius 1 is 1.40 bits per heavy atom. The maximum absolute atomic E-state index is 4.13. The molecule has 0 fully saturated rings. The van der Waals surface area contributed by atoms with Gasteiger partial charge in [-0.1, -0.05) is 29.8 Å². The minimum absolute atomic E-state index is 0.948. The lowest BCUT2D eigenvalue weighted by Crippen LogP contribution is -1.86. The summed E-state index contributed by atoms with van der Waals surface area (Å²) in [5.74, 6) is 0. The topological polar surface area (TPSA) is 12.4 Å². The first kappa shape index (κ1) is 5.66. The monoisotopic (exact) mass is 131 g/mol. The number of hydrogen-bond donors (Lipinski definition) is 0. The summed E-state index contributed by atoms with van der Waals surface area (Å²) in [5.41, 5.74) is 3.86. The van der Waals surface area contributed by atoms with Crippen LogP contribution in [0, 0.1) is 6.92 Å². The zero-order valence-electron chi connectivity index (χ0n) is 5.96. The van der Waals surface area contributed by atoms with Crippen molar-refractivity contribution >= 4 is 5.71 Å². The van der Waals surface area contributed by atoms with Gasteiger partial charge in [0.2, 0.25) is 0 Å². The number of hydrogen-bond acceptors (Lipinski definition) is 1. The molecule has 0 saturated carbocycles. The van der Waals surface area contributed by atoms with Crippen molar-refractivity contribution in [3.63, 3.8) is 0 Å². The third-order valence-corrected chi connectivity index (χ3v) is 1.67. The Morgan fingerprint density at radius 3 is 2.80 bits per heavy atom. The van der Waals surface area contributed by atoms with Gasteiger partial charge in [0.05, 0.1) is 12.3 Å². The highest BCUT2D eigenvalue weighted by atomic mass is 14.9. The van der Waals surface area contributed by atoms with E-state index in [0.29, 0.717) is 0 Å². The van der Waals surface area contributed by atoms with Gasteiger partial charge in [-0.15, -0.1) is 0 Å². The summed E-state index contributed by atoms with van der Waals surface area (Å²) in [6.07, 6.45) is 0. The summed E-state index contributed by atoms with van der Waals surface area (Å²) in [7, 11) is 0. The van der Waals surface area contributed by atoms with Gasteiger partial charge in [0, 0.05) is 0 Å². The highest BCUT2D eigenvalue weighted by molar-refractivity contribution is 6.10. The standard InChI is InChI=1S/C9H9N/c1-7-3-2-4-8(5-7)9-6-10-9/h2-5H,6H2,1H3. The summed E-state index contributed by atoms with van der Waals surface area (Å²) >= 11 is 0. The van der Waals surface area contributed by atoms with Crippen molar-refractivity contribution in [2.45, 2.75) is 6.92 Å². The second kappa shape index (κ2) is 1.94. The Kier molecular flexibility index (Phi) is 1.10. The molecule has 1 nitrogen and oxygen atoms in total. The van der Waals surface area contributed by atoms with Crippen LogP contribution in [0.1, 0.15) is 11.1 Å². The van der Waals surface area contributed by atoms with Crippen LogP contribution in [0.25, 0.3) is 0 Å². The normalized spacial score (nSPS) is 14.7. The molecule has 0 saturated heterocycles. The highest BCUT2D eigenvalue weighted by Gasteiger charge is 2.11. The van der Waals surface area contributed by atoms with Crippen LogP contribution in [0.15, 0.2) is 29.3 Å². The average molecular weight is 131 g/mol. The fourth-order valence-corrected chi connectivity index (χ4v) is 1.05. The molecule has 0 unspecified atom stereocenters. The van der Waals surface area contributed by atoms with Gasteiger partial charge in [-0.25, -0.2) is 0 Å². The van der Waals surface area contributed by atoms with Crippen molar-refractivity contribution in [2.24, 2.45) is 4.99 Å². The van der Waals surface area contributed by atoms with Gasteiger partial charge in [-0.05, 0) is 12.5 Å². The van der Waals surface area contributed by atoms with Gasteiger partial charge in [-0.3, -0.25) is 4.99 Å². The molecule has 0 aromatic heterocycles. The van der Waals surface area contributed by atoms with Gasteiger partial charge in [0.15, 0.2) is 0 Å². The van der Waals surface area contributed by atoms with Crippen LogP contribution >= 0.6 is 0 Å². The summed E-state index contributed by atoms with van der Waals surface area (Å²) < 4.78 is 0. The first-order valence-electron chi connectivity index (χ1n) is 3.46. The molecule has 50 valence electrons. The molecule has 1 heterocycles. The summed E-state index contributed by atoms with van der Waals surface area (Å²) in [5, 5.41) is 0. The summed E-state index contributed by atoms with van der Waals surface area (Å²) in [6, 6.07) is 8.46. The second-order valence-corrected chi connectivity index (χ2v) is 2.63. The molecular formula is C9H9N. The van der Waals surface area contributed by atoms with Crippen molar-refractivity contribution in [3.05, 3.63) is 35.4 Å². The van der Waals surface area contributed by atoms with E-state index in [2.05, 4.69) is 36.2 Å². The van der Waals surface area contributed by atoms with E-state index in [0.717, 1.165) is 6.54 Å². The van der Waals surface area contributed by atoms with Crippen LogP contribution in [0.2, 0.25) is 0 Å². The largest absolute Gasteiger partial charge is 0.281 e. The fourth-order valence-electron chi connectivity index (χ4n) is 1.05. The lowest BCUT2D eigenvalue weighted by Gasteiger charge is -1.92. The fraction of sp³-hybridized carbons (Fsp3) is 0.222. The molecule has 1 aliphatic heterocycles. The molecule has 0 spiro atoms. The van der Waals surface area contributed by atoms with E-state index >= 15 is 0 Å². The van der Waals surface area contributed by atoms with Gasteiger partial charge in [-0.2, -0.15) is 0 Å². The average Bonchev–Trinajstić information content (AvgIpc) is 2.68. The summed E-state index contributed by atoms with van der Waals surface area (Å²) in [6.45, 7) is 3.05. The first-order valence-corrected chi connectivity index (χ1v) is 3.46. The molecule has 0 radical (unpaired) electrons. The smallest absolute Gasteiger partial charge is 0.0817 e. The maximum Gasteiger partial charge on any atom is 0.0817 e. The van der Waals surface area contributed by atoms with E-state index < -0.39 is 0 Å². The molecule has 2 rings (SSSR count). The zero-order valence-corrected chi connectivity index (χ0v) is 5.96. The number of aliphatic imine (C=N–C) groups is 1. The number of aryl methyl sites for hydroxylation is 1. The first-order chi connectivity index (χ1) is 4.86. The molecular weight excluding hydrogens is 122 g/mol. The lowest BCUT2D eigenvalue weighted by molar-refractivity contribution is 1.46.